The quantitative estimate of drug-likeness (QED) is 0.222. The minimum Gasteiger partial charge on any atom is -0.277 e. The van der Waals surface area contributed by atoms with Gasteiger partial charge in [0.15, 0.2) is 0 Å². The van der Waals surface area contributed by atoms with E-state index in [4.69, 9.17) is 0 Å². The van der Waals surface area contributed by atoms with Crippen LogP contribution in [0.25, 0.3) is 86.2 Å². The summed E-state index contributed by atoms with van der Waals surface area (Å²) in [6, 6.07) is 10.2. The Labute approximate surface area is 219 Å². The highest BCUT2D eigenvalue weighted by Crippen LogP contribution is 2.49. The van der Waals surface area contributed by atoms with Crippen LogP contribution in [0.15, 0.2) is 65.2 Å². The van der Waals surface area contributed by atoms with Crippen LogP contribution >= 0.6 is 0 Å². The molecule has 0 N–H and O–H groups in total. The second-order valence-corrected chi connectivity index (χ2v) is 10.8. The molecule has 0 aliphatic carbocycles. The first-order chi connectivity index (χ1) is 19.1. The SMILES string of the molecule is Cn1c(=O)c2ccc3c4ccc5c(=O)n(C)c(=O)c6cc7c8c(=O)n(C)c(=O)c8c8cc(c1=O)c2c3c8c7c4c56. The summed E-state index contributed by atoms with van der Waals surface area (Å²) in [5, 5.41) is 7.44. The van der Waals surface area contributed by atoms with E-state index in [-0.39, 0.29) is 21.5 Å². The van der Waals surface area contributed by atoms with Gasteiger partial charge in [-0.1, -0.05) is 12.1 Å². The molecule has 0 fully saturated rings. The summed E-state index contributed by atoms with van der Waals surface area (Å²) in [5.74, 6) is 0. The molecule has 0 atom stereocenters. The highest BCUT2D eigenvalue weighted by Gasteiger charge is 2.28. The Balaban J connectivity index is 1.85. The lowest BCUT2D eigenvalue weighted by Gasteiger charge is -2.21. The van der Waals surface area contributed by atoms with Crippen molar-refractivity contribution in [2.24, 2.45) is 21.1 Å². The molecule has 3 aromatic heterocycles. The Kier molecular flexibility index (Phi) is 3.35. The molecule has 0 amide bonds. The van der Waals surface area contributed by atoms with Gasteiger partial charge in [-0.05, 0) is 67.4 Å². The van der Waals surface area contributed by atoms with Gasteiger partial charge < -0.3 is 0 Å². The number of fused-ring (bicyclic) bond motifs is 4. The topological polar surface area (TPSA) is 117 Å². The molecule has 9 nitrogen and oxygen atoms in total. The minimum atomic E-state index is -0.509. The van der Waals surface area contributed by atoms with Crippen molar-refractivity contribution in [2.45, 2.75) is 0 Å². The first-order valence-electron chi connectivity index (χ1n) is 12.6. The summed E-state index contributed by atoms with van der Waals surface area (Å²) < 4.78 is 3.15. The fourth-order valence-electron chi connectivity index (χ4n) is 7.24. The monoisotopic (exact) mass is 525 g/mol. The van der Waals surface area contributed by atoms with Crippen LogP contribution < -0.4 is 33.4 Å². The van der Waals surface area contributed by atoms with E-state index >= 15 is 0 Å². The number of hydrogen-bond donors (Lipinski definition) is 0. The van der Waals surface area contributed by atoms with Gasteiger partial charge in [-0.25, -0.2) is 0 Å². The van der Waals surface area contributed by atoms with Crippen LogP contribution in [0.5, 0.6) is 0 Å². The van der Waals surface area contributed by atoms with Crippen LogP contribution in [-0.4, -0.2) is 13.7 Å². The Bertz CT molecular complexity index is 2820. The van der Waals surface area contributed by atoms with Crippen molar-refractivity contribution in [3.63, 3.8) is 0 Å². The Morgan fingerprint density at radius 2 is 0.625 bits per heavy atom. The van der Waals surface area contributed by atoms with Crippen LogP contribution in [0.4, 0.5) is 0 Å². The first kappa shape index (κ1) is 21.5. The van der Waals surface area contributed by atoms with Crippen molar-refractivity contribution < 1.29 is 0 Å². The molecule has 0 aliphatic rings. The second-order valence-electron chi connectivity index (χ2n) is 10.8. The molecular formula is C31H15N3O6. The lowest BCUT2D eigenvalue weighted by atomic mass is 9.81. The van der Waals surface area contributed by atoms with E-state index in [9.17, 15) is 28.8 Å². The van der Waals surface area contributed by atoms with Gasteiger partial charge >= 0.3 is 0 Å². The zero-order chi connectivity index (χ0) is 27.7. The Morgan fingerprint density at radius 3 is 1.02 bits per heavy atom. The van der Waals surface area contributed by atoms with Gasteiger partial charge in [0, 0.05) is 53.5 Å². The highest BCUT2D eigenvalue weighted by atomic mass is 16.2. The third kappa shape index (κ3) is 1.96. The molecular weight excluding hydrogens is 510 g/mol. The third-order valence-electron chi connectivity index (χ3n) is 9.07. The molecule has 0 aliphatic heterocycles. The van der Waals surface area contributed by atoms with Crippen LogP contribution in [0.2, 0.25) is 0 Å². The largest absolute Gasteiger partial charge is 0.277 e. The van der Waals surface area contributed by atoms with Crippen LogP contribution in [0, 0.1) is 0 Å². The number of benzene rings is 6. The van der Waals surface area contributed by atoms with Crippen molar-refractivity contribution in [1.82, 2.24) is 13.7 Å². The van der Waals surface area contributed by atoms with E-state index in [1.54, 1.807) is 24.3 Å². The fraction of sp³-hybridized carbons (Fsp3) is 0.0968. The van der Waals surface area contributed by atoms with Gasteiger partial charge in [0.05, 0.1) is 10.8 Å². The average Bonchev–Trinajstić information content (AvgIpc) is 3.19. The van der Waals surface area contributed by atoms with Gasteiger partial charge in [0.1, 0.15) is 0 Å². The molecule has 6 aromatic carbocycles. The number of rotatable bonds is 0. The fourth-order valence-corrected chi connectivity index (χ4v) is 7.24. The molecule has 0 bridgehead atoms. The van der Waals surface area contributed by atoms with Gasteiger partial charge in [-0.15, -0.1) is 0 Å². The lowest BCUT2D eigenvalue weighted by Crippen LogP contribution is -2.30. The van der Waals surface area contributed by atoms with Crippen LogP contribution in [0.1, 0.15) is 0 Å². The van der Waals surface area contributed by atoms with Crippen LogP contribution in [0.3, 0.4) is 0 Å². The van der Waals surface area contributed by atoms with Crippen molar-refractivity contribution in [3.05, 3.63) is 98.5 Å². The number of hydrogen-bond acceptors (Lipinski definition) is 6. The summed E-state index contributed by atoms with van der Waals surface area (Å²) in [6.07, 6.45) is 0. The van der Waals surface area contributed by atoms with E-state index < -0.39 is 33.4 Å². The predicted molar refractivity (Wildman–Crippen MR) is 157 cm³/mol. The molecule has 40 heavy (non-hydrogen) atoms. The molecule has 9 rings (SSSR count). The smallest absolute Gasteiger partial charge is 0.261 e. The number of aromatic nitrogens is 3. The third-order valence-corrected chi connectivity index (χ3v) is 9.07. The van der Waals surface area contributed by atoms with E-state index in [1.807, 2.05) is 12.1 Å². The molecule has 0 saturated carbocycles. The Hall–Kier alpha value is -5.44. The van der Waals surface area contributed by atoms with Crippen molar-refractivity contribution >= 4 is 86.2 Å². The van der Waals surface area contributed by atoms with Gasteiger partial charge in [-0.2, -0.15) is 0 Å². The summed E-state index contributed by atoms with van der Waals surface area (Å²) in [7, 11) is 4.24. The molecule has 9 heteroatoms. The molecule has 190 valence electrons. The minimum absolute atomic E-state index is 0.163. The van der Waals surface area contributed by atoms with Crippen molar-refractivity contribution in [3.8, 4) is 0 Å². The first-order valence-corrected chi connectivity index (χ1v) is 12.6. The molecule has 0 saturated heterocycles. The standard InChI is InChI=1S/C31H15N3O6/c1-32-26(35)12-6-4-10-11-5-7-13-19-17(29(38)33(2)27(13)36)9-15-23(21(11)19)22-14(8-16(28(32)37)18(12)20(10)22)24-25(15)31(40)34(3)30(24)39/h4-9H,1-3H3. The zero-order valence-electron chi connectivity index (χ0n) is 21.3. The average molecular weight is 525 g/mol. The molecule has 9 aromatic rings. The van der Waals surface area contributed by atoms with Crippen molar-refractivity contribution in [2.75, 3.05) is 0 Å². The maximum absolute atomic E-state index is 13.6. The lowest BCUT2D eigenvalue weighted by molar-refractivity contribution is 0.841. The van der Waals surface area contributed by atoms with E-state index in [0.717, 1.165) is 24.5 Å². The Morgan fingerprint density at radius 1 is 0.325 bits per heavy atom. The maximum Gasteiger partial charge on any atom is 0.261 e. The summed E-state index contributed by atoms with van der Waals surface area (Å²) in [4.78, 5) is 80.5. The van der Waals surface area contributed by atoms with Gasteiger partial charge in [-0.3, -0.25) is 42.5 Å². The van der Waals surface area contributed by atoms with E-state index in [2.05, 4.69) is 0 Å². The van der Waals surface area contributed by atoms with E-state index in [0.29, 0.717) is 53.9 Å². The molecule has 0 spiro atoms. The van der Waals surface area contributed by atoms with E-state index in [1.165, 1.54) is 21.1 Å². The summed E-state index contributed by atoms with van der Waals surface area (Å²) in [5.41, 5.74) is -2.86. The predicted octanol–water partition coefficient (Wildman–Crippen LogP) is 2.28. The van der Waals surface area contributed by atoms with Crippen LogP contribution in [-0.2, 0) is 21.1 Å². The van der Waals surface area contributed by atoms with Gasteiger partial charge in [0.2, 0.25) is 0 Å². The zero-order valence-corrected chi connectivity index (χ0v) is 21.3. The number of pyridine rings is 2. The summed E-state index contributed by atoms with van der Waals surface area (Å²) in [6.45, 7) is 0. The highest BCUT2D eigenvalue weighted by molar-refractivity contribution is 6.48. The molecule has 3 heterocycles. The molecule has 0 radical (unpaired) electrons. The normalized spacial score (nSPS) is 13.0. The summed E-state index contributed by atoms with van der Waals surface area (Å²) >= 11 is 0. The van der Waals surface area contributed by atoms with Gasteiger partial charge in [0.25, 0.3) is 33.4 Å². The molecule has 0 unspecified atom stereocenters. The maximum atomic E-state index is 13.6. The van der Waals surface area contributed by atoms with Crippen molar-refractivity contribution in [1.29, 1.82) is 0 Å². The number of nitrogens with zero attached hydrogens (tertiary/aromatic N) is 3. The second kappa shape index (κ2) is 6.23.